The minimum absolute atomic E-state index is 0. The minimum atomic E-state index is 0. The Hall–Kier alpha value is -0.570. The largest absolute Gasteiger partial charge is 0.383 e. The maximum atomic E-state index is 5.91. The van der Waals surface area contributed by atoms with Crippen LogP contribution in [0.15, 0.2) is 29.3 Å². The highest BCUT2D eigenvalue weighted by Gasteiger charge is 2.18. The number of methoxy groups -OCH3 is 1. The molecule has 1 heterocycles. The van der Waals surface area contributed by atoms with Crippen LogP contribution < -0.4 is 10.6 Å². The van der Waals surface area contributed by atoms with Crippen LogP contribution in [0.5, 0.6) is 0 Å². The second-order valence-corrected chi connectivity index (χ2v) is 6.97. The van der Waals surface area contributed by atoms with Crippen LogP contribution >= 0.6 is 35.6 Å². The summed E-state index contributed by atoms with van der Waals surface area (Å²) in [6.45, 7) is 6.05. The maximum Gasteiger partial charge on any atom is 0.190 e. The molecule has 5 nitrogen and oxygen atoms in total. The van der Waals surface area contributed by atoms with Gasteiger partial charge in [-0.3, -0.25) is 4.99 Å². The first kappa shape index (κ1) is 23.5. The van der Waals surface area contributed by atoms with Crippen molar-refractivity contribution in [1.82, 2.24) is 15.5 Å². The summed E-state index contributed by atoms with van der Waals surface area (Å²) >= 11 is 5.91. The number of guanidine groups is 1. The van der Waals surface area contributed by atoms with Crippen LogP contribution in [0.25, 0.3) is 0 Å². The van der Waals surface area contributed by atoms with E-state index in [1.807, 2.05) is 19.2 Å². The van der Waals surface area contributed by atoms with Gasteiger partial charge < -0.3 is 20.3 Å². The van der Waals surface area contributed by atoms with Crippen LogP contribution in [0, 0.1) is 5.92 Å². The second kappa shape index (κ2) is 13.6. The van der Waals surface area contributed by atoms with Crippen LogP contribution in [0.3, 0.4) is 0 Å². The third kappa shape index (κ3) is 8.88. The SMILES string of the molecule is CN=C(NCCc1ccc(Cl)cc1)NCC1CCN(CCOC)CC1.I. The monoisotopic (exact) mass is 494 g/mol. The highest BCUT2D eigenvalue weighted by atomic mass is 127. The van der Waals surface area contributed by atoms with E-state index < -0.39 is 0 Å². The molecule has 0 amide bonds. The molecular formula is C19H32ClIN4O. The quantitative estimate of drug-likeness (QED) is 0.331. The molecule has 148 valence electrons. The van der Waals surface area contributed by atoms with Gasteiger partial charge in [0.15, 0.2) is 5.96 Å². The standard InChI is InChI=1S/C19H31ClN4O.HI/c1-21-19(22-10-7-16-3-5-18(20)6-4-16)23-15-17-8-11-24(12-9-17)13-14-25-2;/h3-6,17H,7-15H2,1-2H3,(H2,21,22,23);1H. The molecule has 26 heavy (non-hydrogen) atoms. The summed E-state index contributed by atoms with van der Waals surface area (Å²) in [4.78, 5) is 6.80. The Labute approximate surface area is 179 Å². The number of hydrogen-bond donors (Lipinski definition) is 2. The van der Waals surface area contributed by atoms with Crippen molar-refractivity contribution in [3.05, 3.63) is 34.9 Å². The molecule has 0 saturated carbocycles. The Morgan fingerprint density at radius 3 is 2.54 bits per heavy atom. The average Bonchev–Trinajstić information content (AvgIpc) is 2.65. The minimum Gasteiger partial charge on any atom is -0.383 e. The van der Waals surface area contributed by atoms with Crippen LogP contribution in [-0.4, -0.2) is 64.3 Å². The van der Waals surface area contributed by atoms with Crippen molar-refractivity contribution in [2.75, 3.05) is 53.5 Å². The Kier molecular flexibility index (Phi) is 12.3. The fourth-order valence-electron chi connectivity index (χ4n) is 3.07. The van der Waals surface area contributed by atoms with Crippen molar-refractivity contribution in [3.8, 4) is 0 Å². The average molecular weight is 495 g/mol. The highest BCUT2D eigenvalue weighted by molar-refractivity contribution is 14.0. The number of halogens is 2. The second-order valence-electron chi connectivity index (χ2n) is 6.53. The first-order chi connectivity index (χ1) is 12.2. The molecule has 0 bridgehead atoms. The van der Waals surface area contributed by atoms with Crippen LogP contribution in [0.2, 0.25) is 5.02 Å². The van der Waals surface area contributed by atoms with Crippen molar-refractivity contribution >= 4 is 41.5 Å². The molecule has 1 aromatic rings. The Morgan fingerprint density at radius 2 is 1.92 bits per heavy atom. The molecule has 1 fully saturated rings. The molecule has 2 N–H and O–H groups in total. The molecule has 0 radical (unpaired) electrons. The number of ether oxygens (including phenoxy) is 1. The molecule has 2 rings (SSSR count). The zero-order chi connectivity index (χ0) is 17.9. The molecule has 1 aliphatic rings. The van der Waals surface area contributed by atoms with E-state index in [9.17, 15) is 0 Å². The number of rotatable bonds is 8. The lowest BCUT2D eigenvalue weighted by Gasteiger charge is -2.32. The number of benzene rings is 1. The van der Waals surface area contributed by atoms with E-state index in [4.69, 9.17) is 16.3 Å². The van der Waals surface area contributed by atoms with E-state index in [0.717, 1.165) is 56.7 Å². The van der Waals surface area contributed by atoms with Gasteiger partial charge >= 0.3 is 0 Å². The lowest BCUT2D eigenvalue weighted by molar-refractivity contribution is 0.121. The molecule has 7 heteroatoms. The first-order valence-corrected chi connectivity index (χ1v) is 9.49. The molecule has 0 unspecified atom stereocenters. The Morgan fingerprint density at radius 1 is 1.23 bits per heavy atom. The number of nitrogens with zero attached hydrogens (tertiary/aromatic N) is 2. The van der Waals surface area contributed by atoms with Crippen molar-refractivity contribution in [2.45, 2.75) is 19.3 Å². The van der Waals surface area contributed by atoms with E-state index >= 15 is 0 Å². The summed E-state index contributed by atoms with van der Waals surface area (Å²) in [6.07, 6.45) is 3.42. The molecule has 1 saturated heterocycles. The fourth-order valence-corrected chi connectivity index (χ4v) is 3.20. The van der Waals surface area contributed by atoms with E-state index in [0.29, 0.717) is 5.92 Å². The Balaban J connectivity index is 0.00000338. The van der Waals surface area contributed by atoms with Crippen molar-refractivity contribution in [3.63, 3.8) is 0 Å². The van der Waals surface area contributed by atoms with E-state index in [2.05, 4.69) is 32.7 Å². The number of piperidine rings is 1. The summed E-state index contributed by atoms with van der Waals surface area (Å²) in [5.74, 6) is 1.60. The third-order valence-electron chi connectivity index (χ3n) is 4.72. The smallest absolute Gasteiger partial charge is 0.190 e. The normalized spacial score (nSPS) is 16.2. The van der Waals surface area contributed by atoms with E-state index in [-0.39, 0.29) is 24.0 Å². The zero-order valence-corrected chi connectivity index (χ0v) is 18.9. The molecule has 0 atom stereocenters. The van der Waals surface area contributed by atoms with Crippen molar-refractivity contribution in [2.24, 2.45) is 10.9 Å². The number of hydrogen-bond acceptors (Lipinski definition) is 3. The van der Waals surface area contributed by atoms with Crippen LogP contribution in [0.1, 0.15) is 18.4 Å². The number of nitrogens with one attached hydrogen (secondary N) is 2. The summed E-state index contributed by atoms with van der Waals surface area (Å²) in [6, 6.07) is 8.00. The van der Waals surface area contributed by atoms with Gasteiger partial charge in [-0.15, -0.1) is 24.0 Å². The van der Waals surface area contributed by atoms with Gasteiger partial charge in [0.25, 0.3) is 0 Å². The van der Waals surface area contributed by atoms with Gasteiger partial charge in [0.1, 0.15) is 0 Å². The predicted octanol–water partition coefficient (Wildman–Crippen LogP) is 3.02. The first-order valence-electron chi connectivity index (χ1n) is 9.11. The van der Waals surface area contributed by atoms with Crippen LogP contribution in [0.4, 0.5) is 0 Å². The predicted molar refractivity (Wildman–Crippen MR) is 121 cm³/mol. The van der Waals surface area contributed by atoms with Gasteiger partial charge in [-0.25, -0.2) is 0 Å². The van der Waals surface area contributed by atoms with Gasteiger partial charge in [-0.05, 0) is 56.0 Å². The van der Waals surface area contributed by atoms with Crippen molar-refractivity contribution in [1.29, 1.82) is 0 Å². The van der Waals surface area contributed by atoms with E-state index in [1.54, 1.807) is 7.11 Å². The van der Waals surface area contributed by atoms with Crippen LogP contribution in [-0.2, 0) is 11.2 Å². The zero-order valence-electron chi connectivity index (χ0n) is 15.8. The summed E-state index contributed by atoms with van der Waals surface area (Å²) in [7, 11) is 3.59. The lowest BCUT2D eigenvalue weighted by Crippen LogP contribution is -2.43. The van der Waals surface area contributed by atoms with Gasteiger partial charge in [-0.2, -0.15) is 0 Å². The molecule has 1 aromatic carbocycles. The lowest BCUT2D eigenvalue weighted by atomic mass is 9.97. The Bertz CT molecular complexity index is 519. The third-order valence-corrected chi connectivity index (χ3v) is 4.97. The molecule has 1 aliphatic heterocycles. The molecule has 0 aliphatic carbocycles. The number of likely N-dealkylation sites (tertiary alicyclic amines) is 1. The highest BCUT2D eigenvalue weighted by Crippen LogP contribution is 2.16. The van der Waals surface area contributed by atoms with E-state index in [1.165, 1.54) is 18.4 Å². The van der Waals surface area contributed by atoms with Gasteiger partial charge in [0.05, 0.1) is 6.61 Å². The summed E-state index contributed by atoms with van der Waals surface area (Å²) in [5, 5.41) is 7.63. The van der Waals surface area contributed by atoms with Gasteiger partial charge in [-0.1, -0.05) is 23.7 Å². The fraction of sp³-hybridized carbons (Fsp3) is 0.632. The summed E-state index contributed by atoms with van der Waals surface area (Å²) in [5.41, 5.74) is 1.27. The van der Waals surface area contributed by atoms with Gasteiger partial charge in [0.2, 0.25) is 0 Å². The number of aliphatic imine (C=N–C) groups is 1. The van der Waals surface area contributed by atoms with Gasteiger partial charge in [0, 0.05) is 38.8 Å². The topological polar surface area (TPSA) is 48.9 Å². The maximum absolute atomic E-state index is 5.91. The molecular weight excluding hydrogens is 463 g/mol. The van der Waals surface area contributed by atoms with Crippen molar-refractivity contribution < 1.29 is 4.74 Å². The summed E-state index contributed by atoms with van der Waals surface area (Å²) < 4.78 is 5.16. The molecule has 0 aromatic heterocycles. The molecule has 0 spiro atoms.